The summed E-state index contributed by atoms with van der Waals surface area (Å²) in [5.41, 5.74) is 2.50. The second-order valence-electron chi connectivity index (χ2n) is 2.53. The maximum Gasteiger partial charge on any atom is 0.0829 e. The van der Waals surface area contributed by atoms with E-state index in [0.717, 1.165) is 0 Å². The molecule has 1 heteroatoms. The Morgan fingerprint density at radius 3 is 1.93 bits per heavy atom. The van der Waals surface area contributed by atoms with Crippen molar-refractivity contribution in [2.75, 3.05) is 0 Å². The van der Waals surface area contributed by atoms with Gasteiger partial charge < -0.3 is 4.74 Å². The molecule has 0 aromatic heterocycles. The van der Waals surface area contributed by atoms with Crippen LogP contribution in [0, 0.1) is 6.92 Å². The van der Waals surface area contributed by atoms with E-state index in [1.165, 1.54) is 23.7 Å². The van der Waals surface area contributed by atoms with Gasteiger partial charge in [-0.2, -0.15) is 0 Å². The molecule has 0 amide bonds. The topological polar surface area (TPSA) is 9.23 Å². The summed E-state index contributed by atoms with van der Waals surface area (Å²) in [6.07, 6.45) is 4.50. The molecule has 0 atom stereocenters. The Morgan fingerprint density at radius 2 is 1.64 bits per heavy atom. The Labute approximate surface area is 86.0 Å². The Balaban J connectivity index is 0.000000292. The summed E-state index contributed by atoms with van der Waals surface area (Å²) in [5.74, 6) is 0. The summed E-state index contributed by atoms with van der Waals surface area (Å²) in [6.45, 7) is 12.3. The van der Waals surface area contributed by atoms with Crippen LogP contribution in [0.1, 0.15) is 11.1 Å². The SMILES string of the molecule is C=COC=C.C=Cc1ccccc1C. The molecule has 0 heterocycles. The molecular formula is C13H16O. The molecule has 0 spiro atoms. The summed E-state index contributed by atoms with van der Waals surface area (Å²) in [7, 11) is 0. The molecule has 0 aliphatic heterocycles. The van der Waals surface area contributed by atoms with Gasteiger partial charge in [0.05, 0.1) is 12.5 Å². The number of rotatable bonds is 3. The molecule has 0 aliphatic rings. The average molecular weight is 188 g/mol. The lowest BCUT2D eigenvalue weighted by Gasteiger charge is -1.95. The first-order valence-corrected chi connectivity index (χ1v) is 4.31. The number of hydrogen-bond acceptors (Lipinski definition) is 1. The highest BCUT2D eigenvalue weighted by atomic mass is 16.5. The molecule has 14 heavy (non-hydrogen) atoms. The molecule has 0 radical (unpaired) electrons. The fourth-order valence-electron chi connectivity index (χ4n) is 0.884. The van der Waals surface area contributed by atoms with E-state index in [1.807, 2.05) is 18.2 Å². The van der Waals surface area contributed by atoms with Crippen LogP contribution >= 0.6 is 0 Å². The van der Waals surface area contributed by atoms with Gasteiger partial charge in [0.2, 0.25) is 0 Å². The van der Waals surface area contributed by atoms with Crippen molar-refractivity contribution in [1.82, 2.24) is 0 Å². The van der Waals surface area contributed by atoms with Crippen molar-refractivity contribution in [3.63, 3.8) is 0 Å². The third-order valence-corrected chi connectivity index (χ3v) is 1.60. The number of ether oxygens (including phenoxy) is 1. The molecule has 0 saturated heterocycles. The zero-order valence-corrected chi connectivity index (χ0v) is 8.57. The molecular weight excluding hydrogens is 172 g/mol. The molecule has 0 bridgehead atoms. The van der Waals surface area contributed by atoms with Crippen LogP contribution in [0.25, 0.3) is 6.08 Å². The van der Waals surface area contributed by atoms with Crippen LogP contribution in [-0.4, -0.2) is 0 Å². The van der Waals surface area contributed by atoms with Gasteiger partial charge in [0.1, 0.15) is 0 Å². The van der Waals surface area contributed by atoms with Crippen molar-refractivity contribution in [3.8, 4) is 0 Å². The van der Waals surface area contributed by atoms with Gasteiger partial charge in [0.15, 0.2) is 0 Å². The highest BCUT2D eigenvalue weighted by molar-refractivity contribution is 5.50. The minimum absolute atomic E-state index is 1.22. The van der Waals surface area contributed by atoms with E-state index in [-0.39, 0.29) is 0 Å². The average Bonchev–Trinajstić information content (AvgIpc) is 2.21. The monoisotopic (exact) mass is 188 g/mol. The highest BCUT2D eigenvalue weighted by Crippen LogP contribution is 2.06. The molecule has 0 aliphatic carbocycles. The van der Waals surface area contributed by atoms with E-state index in [1.54, 1.807) is 0 Å². The first kappa shape index (κ1) is 12.2. The van der Waals surface area contributed by atoms with Crippen molar-refractivity contribution >= 4 is 6.08 Å². The van der Waals surface area contributed by atoms with Crippen molar-refractivity contribution in [3.05, 3.63) is 67.7 Å². The maximum absolute atomic E-state index is 4.36. The van der Waals surface area contributed by atoms with Gasteiger partial charge in [-0.3, -0.25) is 0 Å². The fourth-order valence-corrected chi connectivity index (χ4v) is 0.884. The van der Waals surface area contributed by atoms with Gasteiger partial charge in [0.25, 0.3) is 0 Å². The zero-order chi connectivity index (χ0) is 10.8. The van der Waals surface area contributed by atoms with Gasteiger partial charge in [-0.1, -0.05) is 50.1 Å². The van der Waals surface area contributed by atoms with E-state index >= 15 is 0 Å². The summed E-state index contributed by atoms with van der Waals surface area (Å²) in [6, 6.07) is 8.19. The zero-order valence-electron chi connectivity index (χ0n) is 8.57. The van der Waals surface area contributed by atoms with Crippen molar-refractivity contribution in [1.29, 1.82) is 0 Å². The smallest absolute Gasteiger partial charge is 0.0829 e. The van der Waals surface area contributed by atoms with Gasteiger partial charge in [-0.15, -0.1) is 0 Å². The number of aryl methyl sites for hydroxylation is 1. The molecule has 74 valence electrons. The van der Waals surface area contributed by atoms with Crippen LogP contribution in [0.4, 0.5) is 0 Å². The summed E-state index contributed by atoms with van der Waals surface area (Å²) < 4.78 is 4.36. The summed E-state index contributed by atoms with van der Waals surface area (Å²) >= 11 is 0. The fraction of sp³-hybridized carbons (Fsp3) is 0.0769. The molecule has 0 saturated carbocycles. The molecule has 1 aromatic carbocycles. The normalized spacial score (nSPS) is 7.79. The lowest BCUT2D eigenvalue weighted by atomic mass is 10.1. The largest absolute Gasteiger partial charge is 0.474 e. The van der Waals surface area contributed by atoms with Crippen molar-refractivity contribution in [2.45, 2.75) is 6.92 Å². The van der Waals surface area contributed by atoms with Crippen LogP contribution in [0.5, 0.6) is 0 Å². The minimum Gasteiger partial charge on any atom is -0.474 e. The van der Waals surface area contributed by atoms with Gasteiger partial charge in [-0.25, -0.2) is 0 Å². The van der Waals surface area contributed by atoms with Crippen LogP contribution < -0.4 is 0 Å². The van der Waals surface area contributed by atoms with E-state index in [0.29, 0.717) is 0 Å². The predicted octanol–water partition coefficient (Wildman–Crippen LogP) is 3.93. The maximum atomic E-state index is 4.36. The first-order chi connectivity index (χ1) is 6.76. The highest BCUT2D eigenvalue weighted by Gasteiger charge is 1.86. The predicted molar refractivity (Wildman–Crippen MR) is 62.7 cm³/mol. The van der Waals surface area contributed by atoms with E-state index in [2.05, 4.69) is 43.5 Å². The quantitative estimate of drug-likeness (QED) is 0.653. The molecule has 1 aromatic rings. The molecule has 1 nitrogen and oxygen atoms in total. The molecule has 0 N–H and O–H groups in total. The summed E-state index contributed by atoms with van der Waals surface area (Å²) in [4.78, 5) is 0. The molecule has 1 rings (SSSR count). The first-order valence-electron chi connectivity index (χ1n) is 4.31. The van der Waals surface area contributed by atoms with Crippen LogP contribution in [0.3, 0.4) is 0 Å². The van der Waals surface area contributed by atoms with Gasteiger partial charge >= 0.3 is 0 Å². The van der Waals surface area contributed by atoms with Gasteiger partial charge in [-0.05, 0) is 18.1 Å². The lowest BCUT2D eigenvalue weighted by Crippen LogP contribution is -1.75. The van der Waals surface area contributed by atoms with Crippen LogP contribution in [0.2, 0.25) is 0 Å². The number of hydrogen-bond donors (Lipinski definition) is 0. The van der Waals surface area contributed by atoms with Crippen LogP contribution in [0.15, 0.2) is 56.5 Å². The number of benzene rings is 1. The molecule has 0 unspecified atom stereocenters. The lowest BCUT2D eigenvalue weighted by molar-refractivity contribution is 0.406. The van der Waals surface area contributed by atoms with Gasteiger partial charge in [0, 0.05) is 0 Å². The molecule has 0 fully saturated rings. The minimum atomic E-state index is 1.22. The summed E-state index contributed by atoms with van der Waals surface area (Å²) in [5, 5.41) is 0. The Morgan fingerprint density at radius 1 is 1.07 bits per heavy atom. The van der Waals surface area contributed by atoms with Crippen LogP contribution in [-0.2, 0) is 4.74 Å². The third kappa shape index (κ3) is 4.99. The van der Waals surface area contributed by atoms with Crippen molar-refractivity contribution in [2.24, 2.45) is 0 Å². The Bertz CT molecular complexity index is 294. The van der Waals surface area contributed by atoms with E-state index < -0.39 is 0 Å². The van der Waals surface area contributed by atoms with E-state index in [9.17, 15) is 0 Å². The second-order valence-corrected chi connectivity index (χ2v) is 2.53. The van der Waals surface area contributed by atoms with Crippen molar-refractivity contribution < 1.29 is 4.74 Å². The van der Waals surface area contributed by atoms with E-state index in [4.69, 9.17) is 0 Å². The second kappa shape index (κ2) is 7.87. The third-order valence-electron chi connectivity index (χ3n) is 1.60. The Hall–Kier alpha value is -1.76. The standard InChI is InChI=1S/C9H10.C4H6O/c1-3-9-7-5-4-6-8(9)2;1-3-5-4-2/h3-7H,1H2,2H3;3-4H,1-2H2. The Kier molecular flexibility index (Phi) is 6.88.